The monoisotopic (exact) mass is 450 g/mol. The number of phenols is 2. The number of hydrogen-bond donors (Lipinski definition) is 2. The average molecular weight is 450 g/mol. The van der Waals surface area contributed by atoms with E-state index < -0.39 is 9.84 Å². The lowest BCUT2D eigenvalue weighted by atomic mass is 10.3. The van der Waals surface area contributed by atoms with E-state index in [2.05, 4.69) is 0 Å². The smallest absolute Gasteiger partial charge is 0.206 e. The SMILES string of the molecule is O=S(=O)(c1ccc(O)cc1)c1ccc(Oc2ccc(Pc3ccc(O)cc3)cc2)cc1. The predicted octanol–water partition coefficient (Wildman–Crippen LogP) is 4.35. The van der Waals surface area contributed by atoms with E-state index in [1.165, 1.54) is 36.4 Å². The van der Waals surface area contributed by atoms with E-state index >= 15 is 0 Å². The molecule has 0 amide bonds. The summed E-state index contributed by atoms with van der Waals surface area (Å²) in [5.41, 5.74) is 0. The van der Waals surface area contributed by atoms with Crippen molar-refractivity contribution in [2.24, 2.45) is 0 Å². The zero-order valence-corrected chi connectivity index (χ0v) is 18.1. The maximum Gasteiger partial charge on any atom is 0.206 e. The Hall–Kier alpha value is -3.34. The molecule has 0 aliphatic heterocycles. The van der Waals surface area contributed by atoms with E-state index in [9.17, 15) is 18.6 Å². The Morgan fingerprint density at radius 1 is 0.548 bits per heavy atom. The van der Waals surface area contributed by atoms with Gasteiger partial charge in [-0.3, -0.25) is 0 Å². The topological polar surface area (TPSA) is 83.8 Å². The maximum absolute atomic E-state index is 12.7. The molecule has 7 heteroatoms. The molecule has 0 saturated heterocycles. The second kappa shape index (κ2) is 8.80. The van der Waals surface area contributed by atoms with Gasteiger partial charge >= 0.3 is 0 Å². The van der Waals surface area contributed by atoms with Crippen molar-refractivity contribution in [2.75, 3.05) is 0 Å². The number of hydrogen-bond acceptors (Lipinski definition) is 5. The summed E-state index contributed by atoms with van der Waals surface area (Å²) in [5, 5.41) is 21.0. The third kappa shape index (κ3) is 5.05. The van der Waals surface area contributed by atoms with Crippen LogP contribution in [0.15, 0.2) is 107 Å². The van der Waals surface area contributed by atoms with Gasteiger partial charge in [-0.1, -0.05) is 32.8 Å². The fraction of sp³-hybridized carbons (Fsp3) is 0. The summed E-state index contributed by atoms with van der Waals surface area (Å²) in [6.07, 6.45) is 0. The van der Waals surface area contributed by atoms with Crippen LogP contribution >= 0.6 is 8.58 Å². The fourth-order valence-corrected chi connectivity index (χ4v) is 5.16. The number of ether oxygens (including phenoxy) is 1. The Bertz CT molecular complexity index is 1270. The molecule has 156 valence electrons. The van der Waals surface area contributed by atoms with Gasteiger partial charge in [-0.2, -0.15) is 0 Å². The second-order valence-electron chi connectivity index (χ2n) is 6.77. The molecule has 0 fully saturated rings. The predicted molar refractivity (Wildman–Crippen MR) is 122 cm³/mol. The molecule has 0 spiro atoms. The van der Waals surface area contributed by atoms with E-state index in [1.807, 2.05) is 36.4 Å². The molecule has 2 N–H and O–H groups in total. The summed E-state index contributed by atoms with van der Waals surface area (Å²) in [6, 6.07) is 26.5. The van der Waals surface area contributed by atoms with Crippen LogP contribution in [0.3, 0.4) is 0 Å². The summed E-state index contributed by atoms with van der Waals surface area (Å²) >= 11 is 0. The van der Waals surface area contributed by atoms with Crippen LogP contribution in [0.25, 0.3) is 0 Å². The van der Waals surface area contributed by atoms with Crippen LogP contribution in [0.1, 0.15) is 0 Å². The fourth-order valence-electron chi connectivity index (χ4n) is 2.90. The van der Waals surface area contributed by atoms with Crippen molar-refractivity contribution in [2.45, 2.75) is 9.79 Å². The van der Waals surface area contributed by atoms with Gasteiger partial charge in [-0.05, 0) is 83.4 Å². The van der Waals surface area contributed by atoms with E-state index in [1.54, 1.807) is 24.3 Å². The van der Waals surface area contributed by atoms with Gasteiger partial charge in [0, 0.05) is 0 Å². The number of rotatable bonds is 6. The molecule has 1 atom stereocenters. The standard InChI is InChI=1S/C24H19O5PS/c25-17-1-9-21(10-2-17)30-22-11-5-19(6-12-22)29-20-7-15-24(16-8-20)31(27,28)23-13-3-18(26)4-14-23/h1-16,25-26,30H. The first-order chi connectivity index (χ1) is 14.9. The van der Waals surface area contributed by atoms with Crippen molar-refractivity contribution in [1.29, 1.82) is 0 Å². The number of phenolic OH excluding ortho intramolecular Hbond substituents is 2. The van der Waals surface area contributed by atoms with Crippen molar-refractivity contribution in [3.8, 4) is 23.0 Å². The zero-order valence-electron chi connectivity index (χ0n) is 16.3. The van der Waals surface area contributed by atoms with Crippen LogP contribution in [-0.4, -0.2) is 18.6 Å². The minimum absolute atomic E-state index is 0.0114. The lowest BCUT2D eigenvalue weighted by molar-refractivity contribution is 0.474. The summed E-state index contributed by atoms with van der Waals surface area (Å²) in [4.78, 5) is 0.264. The summed E-state index contributed by atoms with van der Waals surface area (Å²) in [5.74, 6) is 1.43. The second-order valence-corrected chi connectivity index (χ2v) is 10.1. The van der Waals surface area contributed by atoms with Crippen LogP contribution in [0, 0.1) is 0 Å². The van der Waals surface area contributed by atoms with E-state index in [-0.39, 0.29) is 21.3 Å². The molecule has 4 aromatic carbocycles. The highest BCUT2D eigenvalue weighted by Gasteiger charge is 2.17. The molecule has 0 bridgehead atoms. The Morgan fingerprint density at radius 2 is 0.903 bits per heavy atom. The quantitative estimate of drug-likeness (QED) is 0.427. The molecule has 31 heavy (non-hydrogen) atoms. The molecule has 1 unspecified atom stereocenters. The first-order valence-electron chi connectivity index (χ1n) is 9.38. The summed E-state index contributed by atoms with van der Waals surface area (Å²) < 4.78 is 31.2. The van der Waals surface area contributed by atoms with Crippen LogP contribution in [0.4, 0.5) is 0 Å². The molecule has 0 aromatic heterocycles. The van der Waals surface area contributed by atoms with Crippen LogP contribution < -0.4 is 15.3 Å². The van der Waals surface area contributed by atoms with Crippen molar-refractivity contribution < 1.29 is 23.4 Å². The van der Waals surface area contributed by atoms with Crippen molar-refractivity contribution >= 4 is 29.0 Å². The highest BCUT2D eigenvalue weighted by Crippen LogP contribution is 2.27. The number of aromatic hydroxyl groups is 2. The molecule has 0 aliphatic rings. The van der Waals surface area contributed by atoms with Gasteiger partial charge in [-0.25, -0.2) is 8.42 Å². The Morgan fingerprint density at radius 3 is 1.39 bits per heavy atom. The maximum atomic E-state index is 12.7. The molecule has 4 rings (SSSR count). The van der Waals surface area contributed by atoms with Crippen molar-refractivity contribution in [1.82, 2.24) is 0 Å². The number of sulfone groups is 1. The summed E-state index contributed by atoms with van der Waals surface area (Å²) in [6.45, 7) is 0. The van der Waals surface area contributed by atoms with Gasteiger partial charge in [-0.15, -0.1) is 0 Å². The van der Waals surface area contributed by atoms with Gasteiger partial charge in [0.1, 0.15) is 23.0 Å². The normalized spacial score (nSPS) is 11.6. The summed E-state index contributed by atoms with van der Waals surface area (Å²) in [7, 11) is -3.20. The molecular formula is C24H19O5PS. The molecule has 0 heterocycles. The van der Waals surface area contributed by atoms with Gasteiger partial charge in [0.05, 0.1) is 9.79 Å². The minimum atomic E-state index is -3.66. The first-order valence-corrected chi connectivity index (χ1v) is 11.9. The third-order valence-electron chi connectivity index (χ3n) is 4.53. The third-order valence-corrected chi connectivity index (χ3v) is 7.56. The lowest BCUT2D eigenvalue weighted by Gasteiger charge is -2.09. The number of benzene rings is 4. The van der Waals surface area contributed by atoms with Gasteiger partial charge in [0.2, 0.25) is 9.84 Å². The molecular weight excluding hydrogens is 431 g/mol. The molecule has 5 nitrogen and oxygen atoms in total. The van der Waals surface area contributed by atoms with E-state index in [0.717, 1.165) is 10.6 Å². The van der Waals surface area contributed by atoms with Gasteiger partial charge in [0.15, 0.2) is 0 Å². The highest BCUT2D eigenvalue weighted by atomic mass is 32.2. The van der Waals surface area contributed by atoms with Crippen LogP contribution in [0.5, 0.6) is 23.0 Å². The highest BCUT2D eigenvalue weighted by molar-refractivity contribution is 7.91. The molecule has 4 aromatic rings. The molecule has 0 saturated carbocycles. The van der Waals surface area contributed by atoms with Crippen LogP contribution in [0.2, 0.25) is 0 Å². The zero-order chi connectivity index (χ0) is 21.8. The Balaban J connectivity index is 1.44. The van der Waals surface area contributed by atoms with E-state index in [0.29, 0.717) is 20.1 Å². The Kier molecular flexibility index (Phi) is 5.94. The van der Waals surface area contributed by atoms with Gasteiger partial charge in [0.25, 0.3) is 0 Å². The van der Waals surface area contributed by atoms with Crippen molar-refractivity contribution in [3.05, 3.63) is 97.1 Å². The van der Waals surface area contributed by atoms with Crippen molar-refractivity contribution in [3.63, 3.8) is 0 Å². The molecule has 0 aliphatic carbocycles. The minimum Gasteiger partial charge on any atom is -0.508 e. The molecule has 0 radical (unpaired) electrons. The van der Waals surface area contributed by atoms with Gasteiger partial charge < -0.3 is 14.9 Å². The average Bonchev–Trinajstić information content (AvgIpc) is 2.77. The largest absolute Gasteiger partial charge is 0.508 e. The lowest BCUT2D eigenvalue weighted by Crippen LogP contribution is -2.02. The van der Waals surface area contributed by atoms with E-state index in [4.69, 9.17) is 4.74 Å². The first kappa shape index (κ1) is 20.9. The Labute approximate surface area is 182 Å². The van der Waals surface area contributed by atoms with Crippen LogP contribution in [-0.2, 0) is 9.84 Å².